The third kappa shape index (κ3) is 1.88. The van der Waals surface area contributed by atoms with Crippen molar-refractivity contribution in [1.82, 2.24) is 9.88 Å². The van der Waals surface area contributed by atoms with E-state index in [2.05, 4.69) is 4.98 Å². The summed E-state index contributed by atoms with van der Waals surface area (Å²) in [4.78, 5) is 28.8. The summed E-state index contributed by atoms with van der Waals surface area (Å²) < 4.78 is 0. The van der Waals surface area contributed by atoms with Crippen molar-refractivity contribution in [2.24, 2.45) is 5.73 Å². The number of likely N-dealkylation sites (tertiary alicyclic amines) is 1. The van der Waals surface area contributed by atoms with E-state index in [1.807, 2.05) is 0 Å². The average molecular weight is 219 g/mol. The summed E-state index contributed by atoms with van der Waals surface area (Å²) in [5.41, 5.74) is 5.56. The maximum absolute atomic E-state index is 12.0. The summed E-state index contributed by atoms with van der Waals surface area (Å²) in [6.07, 6.45) is 3.50. The fourth-order valence-electron chi connectivity index (χ4n) is 1.84. The Balaban J connectivity index is 2.32. The van der Waals surface area contributed by atoms with Crippen LogP contribution in [0.1, 0.15) is 33.7 Å². The van der Waals surface area contributed by atoms with Gasteiger partial charge in [-0.25, -0.2) is 0 Å². The molecule has 1 fully saturated rings. The average Bonchev–Trinajstić information content (AvgIpc) is 2.81. The summed E-state index contributed by atoms with van der Waals surface area (Å²) >= 11 is 0. The first kappa shape index (κ1) is 10.6. The third-order valence-electron chi connectivity index (χ3n) is 2.67. The monoisotopic (exact) mass is 219 g/mol. The van der Waals surface area contributed by atoms with Gasteiger partial charge in [0.2, 0.25) is 0 Å². The second kappa shape index (κ2) is 4.30. The standard InChI is InChI=1S/C11H13N3O2/c12-10(15)8-4-3-5-13-9(8)11(16)14-6-1-2-7-14/h3-5H,1-2,6-7H2,(H2,12,15). The van der Waals surface area contributed by atoms with Gasteiger partial charge in [0.25, 0.3) is 11.8 Å². The Morgan fingerprint density at radius 2 is 2.00 bits per heavy atom. The van der Waals surface area contributed by atoms with Crippen LogP contribution in [0, 0.1) is 0 Å². The van der Waals surface area contributed by atoms with Crippen LogP contribution in [0.5, 0.6) is 0 Å². The molecule has 2 heterocycles. The van der Waals surface area contributed by atoms with Crippen LogP contribution in [-0.4, -0.2) is 34.8 Å². The van der Waals surface area contributed by atoms with E-state index in [-0.39, 0.29) is 17.2 Å². The molecule has 0 aromatic carbocycles. The lowest BCUT2D eigenvalue weighted by atomic mass is 10.1. The number of carbonyl (C=O) groups is 2. The molecule has 1 aliphatic rings. The number of pyridine rings is 1. The molecule has 0 bridgehead atoms. The van der Waals surface area contributed by atoms with Gasteiger partial charge in [-0.3, -0.25) is 14.6 Å². The molecular weight excluding hydrogens is 206 g/mol. The molecule has 5 heteroatoms. The molecule has 1 aliphatic heterocycles. The first-order chi connectivity index (χ1) is 7.70. The van der Waals surface area contributed by atoms with Gasteiger partial charge in [-0.2, -0.15) is 0 Å². The Labute approximate surface area is 93.3 Å². The van der Waals surface area contributed by atoms with Crippen molar-refractivity contribution < 1.29 is 9.59 Å². The topological polar surface area (TPSA) is 76.3 Å². The minimum absolute atomic E-state index is 0.164. The Hall–Kier alpha value is -1.91. The third-order valence-corrected chi connectivity index (χ3v) is 2.67. The van der Waals surface area contributed by atoms with Gasteiger partial charge in [0, 0.05) is 19.3 Å². The number of carbonyl (C=O) groups excluding carboxylic acids is 2. The molecule has 0 saturated carbocycles. The van der Waals surface area contributed by atoms with Crippen molar-refractivity contribution in [3.63, 3.8) is 0 Å². The van der Waals surface area contributed by atoms with E-state index in [9.17, 15) is 9.59 Å². The van der Waals surface area contributed by atoms with Crippen molar-refractivity contribution in [3.8, 4) is 0 Å². The van der Waals surface area contributed by atoms with Crippen LogP contribution in [0.4, 0.5) is 0 Å². The summed E-state index contributed by atoms with van der Waals surface area (Å²) in [5, 5.41) is 0. The number of rotatable bonds is 2. The molecular formula is C11H13N3O2. The maximum atomic E-state index is 12.0. The van der Waals surface area contributed by atoms with Gasteiger partial charge in [-0.1, -0.05) is 0 Å². The van der Waals surface area contributed by atoms with Gasteiger partial charge in [0.05, 0.1) is 5.56 Å². The maximum Gasteiger partial charge on any atom is 0.273 e. The van der Waals surface area contributed by atoms with Crippen LogP contribution in [0.2, 0.25) is 0 Å². The summed E-state index contributed by atoms with van der Waals surface area (Å²) in [7, 11) is 0. The van der Waals surface area contributed by atoms with Crippen molar-refractivity contribution >= 4 is 11.8 Å². The van der Waals surface area contributed by atoms with Crippen LogP contribution in [0.15, 0.2) is 18.3 Å². The second-order valence-electron chi connectivity index (χ2n) is 3.76. The highest BCUT2D eigenvalue weighted by Gasteiger charge is 2.24. The van der Waals surface area contributed by atoms with E-state index in [0.717, 1.165) is 25.9 Å². The lowest BCUT2D eigenvalue weighted by Gasteiger charge is -2.15. The Morgan fingerprint density at radius 3 is 2.62 bits per heavy atom. The Kier molecular flexibility index (Phi) is 2.85. The predicted molar refractivity (Wildman–Crippen MR) is 57.9 cm³/mol. The summed E-state index contributed by atoms with van der Waals surface area (Å²) in [6, 6.07) is 3.12. The zero-order chi connectivity index (χ0) is 11.5. The van der Waals surface area contributed by atoms with E-state index in [1.54, 1.807) is 11.0 Å². The summed E-state index contributed by atoms with van der Waals surface area (Å²) in [5.74, 6) is -0.817. The molecule has 0 aliphatic carbocycles. The van der Waals surface area contributed by atoms with Crippen LogP contribution >= 0.6 is 0 Å². The highest BCUT2D eigenvalue weighted by molar-refractivity contribution is 6.05. The molecule has 0 spiro atoms. The molecule has 1 aromatic rings. The highest BCUT2D eigenvalue weighted by Crippen LogP contribution is 2.13. The molecule has 2 N–H and O–H groups in total. The normalized spacial score (nSPS) is 15.1. The lowest BCUT2D eigenvalue weighted by molar-refractivity contribution is 0.0781. The fraction of sp³-hybridized carbons (Fsp3) is 0.364. The zero-order valence-corrected chi connectivity index (χ0v) is 8.85. The molecule has 16 heavy (non-hydrogen) atoms. The van der Waals surface area contributed by atoms with Crippen LogP contribution in [-0.2, 0) is 0 Å². The molecule has 0 unspecified atom stereocenters. The smallest absolute Gasteiger partial charge is 0.273 e. The quantitative estimate of drug-likeness (QED) is 0.783. The number of aromatic nitrogens is 1. The van der Waals surface area contributed by atoms with Crippen molar-refractivity contribution in [2.75, 3.05) is 13.1 Å². The van der Waals surface area contributed by atoms with Gasteiger partial charge in [-0.05, 0) is 25.0 Å². The van der Waals surface area contributed by atoms with Crippen molar-refractivity contribution in [3.05, 3.63) is 29.6 Å². The Morgan fingerprint density at radius 1 is 1.31 bits per heavy atom. The zero-order valence-electron chi connectivity index (χ0n) is 8.85. The van der Waals surface area contributed by atoms with Gasteiger partial charge >= 0.3 is 0 Å². The number of nitrogens with two attached hydrogens (primary N) is 1. The first-order valence-corrected chi connectivity index (χ1v) is 5.24. The molecule has 5 nitrogen and oxygen atoms in total. The van der Waals surface area contributed by atoms with E-state index < -0.39 is 5.91 Å². The number of primary amides is 1. The van der Waals surface area contributed by atoms with E-state index in [0.29, 0.717) is 0 Å². The SMILES string of the molecule is NC(=O)c1cccnc1C(=O)N1CCCC1. The highest BCUT2D eigenvalue weighted by atomic mass is 16.2. The summed E-state index contributed by atoms with van der Waals surface area (Å²) in [6.45, 7) is 1.46. The van der Waals surface area contributed by atoms with Gasteiger partial charge < -0.3 is 10.6 Å². The number of amides is 2. The van der Waals surface area contributed by atoms with E-state index in [4.69, 9.17) is 5.73 Å². The first-order valence-electron chi connectivity index (χ1n) is 5.24. The number of hydrogen-bond acceptors (Lipinski definition) is 3. The number of nitrogens with zero attached hydrogens (tertiary/aromatic N) is 2. The molecule has 0 atom stereocenters. The van der Waals surface area contributed by atoms with E-state index in [1.165, 1.54) is 12.3 Å². The minimum Gasteiger partial charge on any atom is -0.366 e. The fourth-order valence-corrected chi connectivity index (χ4v) is 1.84. The van der Waals surface area contributed by atoms with Crippen LogP contribution < -0.4 is 5.73 Å². The molecule has 84 valence electrons. The minimum atomic E-state index is -0.615. The van der Waals surface area contributed by atoms with Gasteiger partial charge in [0.1, 0.15) is 5.69 Å². The predicted octanol–water partition coefficient (Wildman–Crippen LogP) is 0.416. The largest absolute Gasteiger partial charge is 0.366 e. The van der Waals surface area contributed by atoms with Crippen molar-refractivity contribution in [1.29, 1.82) is 0 Å². The number of hydrogen-bond donors (Lipinski definition) is 1. The molecule has 0 radical (unpaired) electrons. The van der Waals surface area contributed by atoms with Gasteiger partial charge in [-0.15, -0.1) is 0 Å². The molecule has 2 rings (SSSR count). The molecule has 1 saturated heterocycles. The molecule has 1 aromatic heterocycles. The second-order valence-corrected chi connectivity index (χ2v) is 3.76. The van der Waals surface area contributed by atoms with Crippen LogP contribution in [0.25, 0.3) is 0 Å². The lowest BCUT2D eigenvalue weighted by Crippen LogP contribution is -2.30. The van der Waals surface area contributed by atoms with E-state index >= 15 is 0 Å². The van der Waals surface area contributed by atoms with Crippen molar-refractivity contribution in [2.45, 2.75) is 12.8 Å². The van der Waals surface area contributed by atoms with Crippen LogP contribution in [0.3, 0.4) is 0 Å². The van der Waals surface area contributed by atoms with Gasteiger partial charge in [0.15, 0.2) is 0 Å². The molecule has 2 amide bonds. The Bertz CT molecular complexity index is 425.